The lowest BCUT2D eigenvalue weighted by atomic mass is 9.97. The predicted octanol–water partition coefficient (Wildman–Crippen LogP) is 4.07. The highest BCUT2D eigenvalue weighted by molar-refractivity contribution is 7.92. The Labute approximate surface area is 139 Å². The second kappa shape index (κ2) is 5.59. The van der Waals surface area contributed by atoms with E-state index in [0.717, 1.165) is 6.07 Å². The number of benzene rings is 2. The lowest BCUT2D eigenvalue weighted by Gasteiger charge is -2.11. The molecule has 0 spiro atoms. The van der Waals surface area contributed by atoms with Gasteiger partial charge in [-0.3, -0.25) is 4.72 Å². The van der Waals surface area contributed by atoms with Crippen molar-refractivity contribution in [1.82, 2.24) is 4.98 Å². The van der Waals surface area contributed by atoms with Crippen molar-refractivity contribution < 1.29 is 17.2 Å². The van der Waals surface area contributed by atoms with Crippen LogP contribution in [0.15, 0.2) is 51.8 Å². The van der Waals surface area contributed by atoms with Gasteiger partial charge >= 0.3 is 0 Å². The topological polar surface area (TPSA) is 72.2 Å². The minimum Gasteiger partial charge on any atom is -0.440 e. The SMILES string of the molecule is CC(C)(C)c1nc2cc(NS(=O)(=O)c3ccccc3F)ccc2o1. The second-order valence-corrected chi connectivity index (χ2v) is 8.14. The highest BCUT2D eigenvalue weighted by Gasteiger charge is 2.22. The van der Waals surface area contributed by atoms with Gasteiger partial charge in [-0.2, -0.15) is 0 Å². The van der Waals surface area contributed by atoms with Gasteiger partial charge < -0.3 is 4.42 Å². The zero-order chi connectivity index (χ0) is 17.5. The summed E-state index contributed by atoms with van der Waals surface area (Å²) in [5.41, 5.74) is 1.13. The fourth-order valence-electron chi connectivity index (χ4n) is 2.18. The van der Waals surface area contributed by atoms with E-state index in [4.69, 9.17) is 4.42 Å². The van der Waals surface area contributed by atoms with Gasteiger partial charge in [0.25, 0.3) is 10.0 Å². The van der Waals surface area contributed by atoms with Gasteiger partial charge in [0.15, 0.2) is 5.58 Å². The molecule has 0 atom stereocenters. The Morgan fingerprint density at radius 2 is 1.83 bits per heavy atom. The van der Waals surface area contributed by atoms with Gasteiger partial charge in [0.05, 0.1) is 5.69 Å². The van der Waals surface area contributed by atoms with Crippen molar-refractivity contribution in [2.45, 2.75) is 31.1 Å². The van der Waals surface area contributed by atoms with E-state index >= 15 is 0 Å². The molecule has 3 aromatic rings. The molecule has 3 rings (SSSR count). The van der Waals surface area contributed by atoms with E-state index in [1.165, 1.54) is 18.2 Å². The number of aromatic nitrogens is 1. The third-order valence-electron chi connectivity index (χ3n) is 3.41. The summed E-state index contributed by atoms with van der Waals surface area (Å²) in [6.07, 6.45) is 0. The van der Waals surface area contributed by atoms with Gasteiger partial charge in [-0.15, -0.1) is 0 Å². The molecule has 1 heterocycles. The van der Waals surface area contributed by atoms with Crippen LogP contribution in [-0.2, 0) is 15.4 Å². The summed E-state index contributed by atoms with van der Waals surface area (Å²) in [7, 11) is -4.02. The molecule has 0 saturated carbocycles. The number of hydrogen-bond donors (Lipinski definition) is 1. The first kappa shape index (κ1) is 16.4. The van der Waals surface area contributed by atoms with Gasteiger partial charge in [-0.1, -0.05) is 32.9 Å². The van der Waals surface area contributed by atoms with Crippen LogP contribution in [0.5, 0.6) is 0 Å². The van der Waals surface area contributed by atoms with Gasteiger partial charge in [-0.25, -0.2) is 17.8 Å². The monoisotopic (exact) mass is 348 g/mol. The number of nitrogens with one attached hydrogen (secondary N) is 1. The fourth-order valence-corrected chi connectivity index (χ4v) is 3.31. The number of sulfonamides is 1. The predicted molar refractivity (Wildman–Crippen MR) is 89.9 cm³/mol. The molecule has 0 aliphatic heterocycles. The van der Waals surface area contributed by atoms with E-state index in [-0.39, 0.29) is 5.41 Å². The van der Waals surface area contributed by atoms with Gasteiger partial charge in [0.2, 0.25) is 5.89 Å². The fraction of sp³-hybridized carbons (Fsp3) is 0.235. The maximum Gasteiger partial charge on any atom is 0.264 e. The third-order valence-corrected chi connectivity index (χ3v) is 4.82. The van der Waals surface area contributed by atoms with Gasteiger partial charge in [0, 0.05) is 5.41 Å². The summed E-state index contributed by atoms with van der Waals surface area (Å²) in [5, 5.41) is 0. The highest BCUT2D eigenvalue weighted by atomic mass is 32.2. The average molecular weight is 348 g/mol. The molecular weight excluding hydrogens is 331 g/mol. The molecule has 0 aliphatic rings. The van der Waals surface area contributed by atoms with Crippen LogP contribution >= 0.6 is 0 Å². The standard InChI is InChI=1S/C17H17FN2O3S/c1-17(2,3)16-19-13-10-11(8-9-14(13)23-16)20-24(21,22)15-7-5-4-6-12(15)18/h4-10,20H,1-3H3. The van der Waals surface area contributed by atoms with Crippen LogP contribution in [0.1, 0.15) is 26.7 Å². The average Bonchev–Trinajstić information content (AvgIpc) is 2.90. The molecule has 0 saturated heterocycles. The van der Waals surface area contributed by atoms with E-state index in [9.17, 15) is 12.8 Å². The Balaban J connectivity index is 1.97. The number of rotatable bonds is 3. The summed E-state index contributed by atoms with van der Waals surface area (Å²) in [5.74, 6) is -0.242. The third kappa shape index (κ3) is 3.12. The Bertz CT molecular complexity index is 1000. The van der Waals surface area contributed by atoms with Crippen molar-refractivity contribution in [2.75, 3.05) is 4.72 Å². The quantitative estimate of drug-likeness (QED) is 0.774. The van der Waals surface area contributed by atoms with E-state index in [2.05, 4.69) is 9.71 Å². The highest BCUT2D eigenvalue weighted by Crippen LogP contribution is 2.28. The first-order valence-corrected chi connectivity index (χ1v) is 8.83. The zero-order valence-electron chi connectivity index (χ0n) is 13.5. The summed E-state index contributed by atoms with van der Waals surface area (Å²) in [6.45, 7) is 5.92. The molecule has 24 heavy (non-hydrogen) atoms. The summed E-state index contributed by atoms with van der Waals surface area (Å²) in [4.78, 5) is 3.99. The Kier molecular flexibility index (Phi) is 3.83. The number of oxazole rings is 1. The van der Waals surface area contributed by atoms with Crippen LogP contribution in [0, 0.1) is 5.82 Å². The Hall–Kier alpha value is -2.41. The van der Waals surface area contributed by atoms with E-state index in [0.29, 0.717) is 22.7 Å². The van der Waals surface area contributed by atoms with Crippen LogP contribution in [-0.4, -0.2) is 13.4 Å². The van der Waals surface area contributed by atoms with Crippen molar-refractivity contribution in [2.24, 2.45) is 0 Å². The summed E-state index contributed by atoms with van der Waals surface area (Å²) < 4.78 is 46.4. The van der Waals surface area contributed by atoms with Crippen LogP contribution < -0.4 is 4.72 Å². The minimum atomic E-state index is -4.02. The van der Waals surface area contributed by atoms with E-state index < -0.39 is 20.7 Å². The molecule has 0 unspecified atom stereocenters. The molecule has 0 radical (unpaired) electrons. The molecule has 126 valence electrons. The van der Waals surface area contributed by atoms with Crippen molar-refractivity contribution in [3.63, 3.8) is 0 Å². The largest absolute Gasteiger partial charge is 0.440 e. The number of halogens is 1. The summed E-state index contributed by atoms with van der Waals surface area (Å²) >= 11 is 0. The molecular formula is C17H17FN2O3S. The zero-order valence-corrected chi connectivity index (χ0v) is 14.3. The smallest absolute Gasteiger partial charge is 0.264 e. The van der Waals surface area contributed by atoms with Crippen LogP contribution in [0.25, 0.3) is 11.1 Å². The maximum absolute atomic E-state index is 13.7. The van der Waals surface area contributed by atoms with Gasteiger partial charge in [-0.05, 0) is 30.3 Å². The molecule has 1 N–H and O–H groups in total. The molecule has 7 heteroatoms. The number of anilines is 1. The molecule has 0 fully saturated rings. The van der Waals surface area contributed by atoms with Crippen LogP contribution in [0.2, 0.25) is 0 Å². The molecule has 0 aliphatic carbocycles. The van der Waals surface area contributed by atoms with Gasteiger partial charge in [0.1, 0.15) is 16.2 Å². The molecule has 0 bridgehead atoms. The lowest BCUT2D eigenvalue weighted by Crippen LogP contribution is -2.14. The van der Waals surface area contributed by atoms with Crippen LogP contribution in [0.3, 0.4) is 0 Å². The number of fused-ring (bicyclic) bond motifs is 1. The minimum absolute atomic E-state index is 0.258. The second-order valence-electron chi connectivity index (χ2n) is 6.49. The molecule has 2 aromatic carbocycles. The first-order chi connectivity index (χ1) is 11.2. The van der Waals surface area contributed by atoms with E-state index in [1.54, 1.807) is 18.2 Å². The normalized spacial score (nSPS) is 12.5. The molecule has 0 amide bonds. The van der Waals surface area contributed by atoms with Crippen LogP contribution in [0.4, 0.5) is 10.1 Å². The van der Waals surface area contributed by atoms with Crippen molar-refractivity contribution in [1.29, 1.82) is 0 Å². The van der Waals surface area contributed by atoms with Crippen molar-refractivity contribution in [3.05, 3.63) is 54.2 Å². The van der Waals surface area contributed by atoms with E-state index in [1.807, 2.05) is 20.8 Å². The molecule has 1 aromatic heterocycles. The number of hydrogen-bond acceptors (Lipinski definition) is 4. The Morgan fingerprint density at radius 3 is 2.50 bits per heavy atom. The lowest BCUT2D eigenvalue weighted by molar-refractivity contribution is 0.411. The molecule has 5 nitrogen and oxygen atoms in total. The number of nitrogens with zero attached hydrogens (tertiary/aromatic N) is 1. The Morgan fingerprint density at radius 1 is 1.12 bits per heavy atom. The first-order valence-electron chi connectivity index (χ1n) is 7.35. The van der Waals surface area contributed by atoms with Crippen molar-refractivity contribution >= 4 is 26.8 Å². The van der Waals surface area contributed by atoms with Crippen molar-refractivity contribution in [3.8, 4) is 0 Å². The summed E-state index contributed by atoms with van der Waals surface area (Å²) in [6, 6.07) is 9.97. The maximum atomic E-state index is 13.7.